The molecule has 3 N–H and O–H groups in total. The maximum absolute atomic E-state index is 12.4. The lowest BCUT2D eigenvalue weighted by Gasteiger charge is -2.10. The van der Waals surface area contributed by atoms with Crippen molar-refractivity contribution in [3.63, 3.8) is 0 Å². The highest BCUT2D eigenvalue weighted by molar-refractivity contribution is 5.29. The van der Waals surface area contributed by atoms with E-state index in [4.69, 9.17) is 10.8 Å². The number of aliphatic hydroxyl groups is 1. The van der Waals surface area contributed by atoms with Gasteiger partial charge in [-0.05, 0) is 18.1 Å². The van der Waals surface area contributed by atoms with Crippen molar-refractivity contribution in [3.05, 3.63) is 23.2 Å². The van der Waals surface area contributed by atoms with Gasteiger partial charge in [0.15, 0.2) is 0 Å². The van der Waals surface area contributed by atoms with E-state index in [1.54, 1.807) is 0 Å². The van der Waals surface area contributed by atoms with Crippen LogP contribution in [0, 0.1) is 0 Å². The third kappa shape index (κ3) is 1.36. The zero-order valence-corrected chi connectivity index (χ0v) is 5.60. The van der Waals surface area contributed by atoms with Gasteiger partial charge in [-0.2, -0.15) is 0 Å². The summed E-state index contributed by atoms with van der Waals surface area (Å²) in [6.45, 7) is -0.0599. The van der Waals surface area contributed by atoms with Gasteiger partial charge in [-0.3, -0.25) is 0 Å². The molecule has 1 aliphatic carbocycles. The Kier molecular flexibility index (Phi) is 2.06. The summed E-state index contributed by atoms with van der Waals surface area (Å²) in [6, 6.07) is 0. The maximum atomic E-state index is 12.4. The van der Waals surface area contributed by atoms with Crippen LogP contribution in [-0.2, 0) is 0 Å². The highest BCUT2D eigenvalue weighted by Gasteiger charge is 2.09. The third-order valence-electron chi connectivity index (χ3n) is 1.58. The lowest BCUT2D eigenvalue weighted by molar-refractivity contribution is 0.323. The van der Waals surface area contributed by atoms with E-state index >= 15 is 0 Å². The number of aliphatic hydroxyl groups excluding tert-OH is 1. The molecule has 0 aromatic heterocycles. The quantitative estimate of drug-likeness (QED) is 0.571. The van der Waals surface area contributed by atoms with Crippen molar-refractivity contribution in [2.24, 2.45) is 5.73 Å². The number of hydrogen-bond donors (Lipinski definition) is 2. The molecule has 0 amide bonds. The molecule has 0 heterocycles. The number of halogens is 1. The van der Waals surface area contributed by atoms with Crippen molar-refractivity contribution in [2.45, 2.75) is 12.8 Å². The van der Waals surface area contributed by atoms with Crippen LogP contribution < -0.4 is 5.73 Å². The van der Waals surface area contributed by atoms with E-state index in [2.05, 4.69) is 0 Å². The number of rotatable bonds is 1. The first kappa shape index (κ1) is 7.28. The summed E-state index contributed by atoms with van der Waals surface area (Å²) in [4.78, 5) is 0. The molecule has 0 aliphatic heterocycles. The van der Waals surface area contributed by atoms with Crippen molar-refractivity contribution in [3.8, 4) is 0 Å². The van der Waals surface area contributed by atoms with Gasteiger partial charge in [-0.1, -0.05) is 0 Å². The minimum Gasteiger partial charge on any atom is -0.399 e. The van der Waals surface area contributed by atoms with E-state index < -0.39 is 0 Å². The SMILES string of the molecule is NC1=C(CO)CCC(F)=C1. The topological polar surface area (TPSA) is 46.2 Å². The molecular formula is C7H10FNO. The average molecular weight is 143 g/mol. The molecule has 0 atom stereocenters. The molecule has 0 unspecified atom stereocenters. The smallest absolute Gasteiger partial charge is 0.102 e. The first-order chi connectivity index (χ1) is 4.74. The van der Waals surface area contributed by atoms with Crippen molar-refractivity contribution >= 4 is 0 Å². The second-order valence-corrected chi connectivity index (χ2v) is 2.31. The minimum atomic E-state index is -0.199. The molecule has 10 heavy (non-hydrogen) atoms. The Morgan fingerprint density at radius 2 is 2.30 bits per heavy atom. The monoisotopic (exact) mass is 143 g/mol. The summed E-state index contributed by atoms with van der Waals surface area (Å²) in [5, 5.41) is 8.66. The lowest BCUT2D eigenvalue weighted by Crippen LogP contribution is -2.07. The van der Waals surface area contributed by atoms with Crippen molar-refractivity contribution < 1.29 is 9.50 Å². The molecule has 1 aliphatic rings. The predicted molar refractivity (Wildman–Crippen MR) is 36.7 cm³/mol. The van der Waals surface area contributed by atoms with Crippen LogP contribution in [0.3, 0.4) is 0 Å². The largest absolute Gasteiger partial charge is 0.399 e. The molecule has 2 nitrogen and oxygen atoms in total. The Hall–Kier alpha value is -0.830. The number of hydrogen-bond acceptors (Lipinski definition) is 2. The van der Waals surface area contributed by atoms with Gasteiger partial charge in [0.2, 0.25) is 0 Å². The van der Waals surface area contributed by atoms with Crippen LogP contribution >= 0.6 is 0 Å². The van der Waals surface area contributed by atoms with E-state index in [-0.39, 0.29) is 12.4 Å². The van der Waals surface area contributed by atoms with Crippen LogP contribution in [0.2, 0.25) is 0 Å². The minimum absolute atomic E-state index is 0.0599. The Labute approximate surface area is 58.8 Å². The normalized spacial score (nSPS) is 19.2. The molecule has 0 aromatic rings. The number of allylic oxidation sites excluding steroid dienone is 2. The first-order valence-corrected chi connectivity index (χ1v) is 3.18. The molecule has 0 spiro atoms. The summed E-state index contributed by atoms with van der Waals surface area (Å²) in [5.74, 6) is -0.199. The van der Waals surface area contributed by atoms with Crippen molar-refractivity contribution in [1.29, 1.82) is 0 Å². The third-order valence-corrected chi connectivity index (χ3v) is 1.58. The highest BCUT2D eigenvalue weighted by Crippen LogP contribution is 2.21. The average Bonchev–Trinajstić information content (AvgIpc) is 1.88. The molecule has 0 saturated heterocycles. The van der Waals surface area contributed by atoms with Gasteiger partial charge in [0, 0.05) is 12.1 Å². The number of nitrogens with two attached hydrogens (primary N) is 1. The highest BCUT2D eigenvalue weighted by atomic mass is 19.1. The Bertz CT molecular complexity index is 196. The molecule has 0 bridgehead atoms. The van der Waals surface area contributed by atoms with Crippen molar-refractivity contribution in [1.82, 2.24) is 0 Å². The first-order valence-electron chi connectivity index (χ1n) is 3.18. The second-order valence-electron chi connectivity index (χ2n) is 2.31. The summed E-state index contributed by atoms with van der Waals surface area (Å²) in [6.07, 6.45) is 2.19. The fourth-order valence-electron chi connectivity index (χ4n) is 0.928. The zero-order chi connectivity index (χ0) is 7.56. The molecule has 1 rings (SSSR count). The molecule has 56 valence electrons. The van der Waals surface area contributed by atoms with Gasteiger partial charge in [0.25, 0.3) is 0 Å². The molecule has 0 fully saturated rings. The maximum Gasteiger partial charge on any atom is 0.102 e. The van der Waals surface area contributed by atoms with E-state index in [9.17, 15) is 4.39 Å². The van der Waals surface area contributed by atoms with Crippen LogP contribution in [0.25, 0.3) is 0 Å². The van der Waals surface area contributed by atoms with E-state index in [0.717, 1.165) is 5.57 Å². The van der Waals surface area contributed by atoms with Gasteiger partial charge in [0.1, 0.15) is 5.83 Å². The summed E-state index contributed by atoms with van der Waals surface area (Å²) >= 11 is 0. The standard InChI is InChI=1S/C7H10FNO/c8-6-2-1-5(4-10)7(9)3-6/h3,10H,1-2,4,9H2. The van der Waals surface area contributed by atoms with Gasteiger partial charge in [-0.15, -0.1) is 0 Å². The van der Waals surface area contributed by atoms with Crippen LogP contribution in [0.1, 0.15) is 12.8 Å². The lowest BCUT2D eigenvalue weighted by atomic mass is 10.0. The van der Waals surface area contributed by atoms with E-state index in [0.29, 0.717) is 18.5 Å². The Morgan fingerprint density at radius 1 is 1.60 bits per heavy atom. The van der Waals surface area contributed by atoms with Gasteiger partial charge < -0.3 is 10.8 Å². The van der Waals surface area contributed by atoms with Gasteiger partial charge in [0.05, 0.1) is 6.61 Å². The van der Waals surface area contributed by atoms with E-state index in [1.807, 2.05) is 0 Å². The van der Waals surface area contributed by atoms with Crippen LogP contribution in [0.5, 0.6) is 0 Å². The summed E-state index contributed by atoms with van der Waals surface area (Å²) in [5.41, 5.74) is 6.50. The van der Waals surface area contributed by atoms with Crippen molar-refractivity contribution in [2.75, 3.05) is 6.61 Å². The van der Waals surface area contributed by atoms with Crippen LogP contribution in [-0.4, -0.2) is 11.7 Å². The fourth-order valence-corrected chi connectivity index (χ4v) is 0.928. The Balaban J connectivity index is 2.80. The molecule has 3 heteroatoms. The fraction of sp³-hybridized carbons (Fsp3) is 0.429. The summed E-state index contributed by atoms with van der Waals surface area (Å²) in [7, 11) is 0. The van der Waals surface area contributed by atoms with E-state index in [1.165, 1.54) is 6.08 Å². The molecule has 0 radical (unpaired) electrons. The Morgan fingerprint density at radius 3 is 2.80 bits per heavy atom. The van der Waals surface area contributed by atoms with Crippen LogP contribution in [0.4, 0.5) is 4.39 Å². The molecule has 0 aromatic carbocycles. The van der Waals surface area contributed by atoms with Crippen LogP contribution in [0.15, 0.2) is 23.2 Å². The zero-order valence-electron chi connectivity index (χ0n) is 5.60. The molecular weight excluding hydrogens is 133 g/mol. The van der Waals surface area contributed by atoms with Gasteiger partial charge >= 0.3 is 0 Å². The molecule has 0 saturated carbocycles. The summed E-state index contributed by atoms with van der Waals surface area (Å²) < 4.78 is 12.4. The van der Waals surface area contributed by atoms with Gasteiger partial charge in [-0.25, -0.2) is 4.39 Å². The predicted octanol–water partition coefficient (Wildman–Crippen LogP) is 0.839. The second kappa shape index (κ2) is 2.84.